The number of hydrogen-bond acceptors (Lipinski definition) is 6. The van der Waals surface area contributed by atoms with E-state index < -0.39 is 5.97 Å². The fourth-order valence-corrected chi connectivity index (χ4v) is 3.85. The Bertz CT molecular complexity index is 1140. The monoisotopic (exact) mass is 431 g/mol. The van der Waals surface area contributed by atoms with Gasteiger partial charge in [0.1, 0.15) is 11.6 Å². The second-order valence-electron chi connectivity index (χ2n) is 6.93. The van der Waals surface area contributed by atoms with Gasteiger partial charge in [-0.1, -0.05) is 36.0 Å². The summed E-state index contributed by atoms with van der Waals surface area (Å²) in [6.07, 6.45) is 5.63. The molecule has 7 heteroatoms. The lowest BCUT2D eigenvalue weighted by molar-refractivity contribution is 0.0697. The van der Waals surface area contributed by atoms with Gasteiger partial charge in [-0.3, -0.25) is 0 Å². The summed E-state index contributed by atoms with van der Waals surface area (Å²) in [6.45, 7) is 1.98. The summed E-state index contributed by atoms with van der Waals surface area (Å²) in [5.74, 6) is 1.82. The average Bonchev–Trinajstić information content (AvgIpc) is 2.77. The molecule has 0 radical (unpaired) electrons. The number of aromatic carboxylic acids is 1. The topological polar surface area (TPSA) is 83.8 Å². The highest BCUT2D eigenvalue weighted by molar-refractivity contribution is 7.99. The predicted octanol–water partition coefficient (Wildman–Crippen LogP) is 6.23. The average molecular weight is 432 g/mol. The molecule has 31 heavy (non-hydrogen) atoms. The van der Waals surface area contributed by atoms with Crippen molar-refractivity contribution in [3.05, 3.63) is 84.2 Å². The van der Waals surface area contributed by atoms with E-state index in [-0.39, 0.29) is 5.56 Å². The number of nitrogens with zero attached hydrogens (tertiary/aromatic N) is 2. The number of carboxylic acids is 1. The molecule has 6 nitrogen and oxygen atoms in total. The molecule has 2 aromatic carbocycles. The van der Waals surface area contributed by atoms with Crippen LogP contribution < -0.4 is 10.1 Å². The third kappa shape index (κ3) is 5.52. The largest absolute Gasteiger partial charge is 0.478 e. The predicted molar refractivity (Wildman–Crippen MR) is 122 cm³/mol. The minimum Gasteiger partial charge on any atom is -0.478 e. The summed E-state index contributed by atoms with van der Waals surface area (Å²) in [5, 5.41) is 12.4. The molecule has 0 amide bonds. The minimum atomic E-state index is -0.942. The Morgan fingerprint density at radius 1 is 1.10 bits per heavy atom. The SMILES string of the molecule is CC1=CCCC(Nc2ncc(Sc3ccc(C(=O)O)cc3)cc2Oc2ccccc2)=N1. The Morgan fingerprint density at radius 3 is 2.58 bits per heavy atom. The molecule has 1 aliphatic heterocycles. The molecule has 2 N–H and O–H groups in total. The highest BCUT2D eigenvalue weighted by Gasteiger charge is 2.13. The summed E-state index contributed by atoms with van der Waals surface area (Å²) >= 11 is 1.49. The maximum Gasteiger partial charge on any atom is 0.335 e. The van der Waals surface area contributed by atoms with Crippen molar-refractivity contribution in [2.75, 3.05) is 5.32 Å². The van der Waals surface area contributed by atoms with Crippen LogP contribution in [0.25, 0.3) is 0 Å². The standard InChI is InChI=1S/C24H21N3O3S/c1-16-6-5-9-22(26-16)27-23-21(30-18-7-3-2-4-8-18)14-20(15-25-23)31-19-12-10-17(11-13-19)24(28)29/h2-4,6-8,10-15H,5,9H2,1H3,(H,28,29)(H,25,26,27). The molecule has 0 aliphatic carbocycles. The third-order valence-corrected chi connectivity index (χ3v) is 5.50. The first kappa shape index (κ1) is 20.7. The van der Waals surface area contributed by atoms with Gasteiger partial charge in [0.2, 0.25) is 0 Å². The van der Waals surface area contributed by atoms with Crippen LogP contribution in [-0.4, -0.2) is 21.9 Å². The van der Waals surface area contributed by atoms with E-state index in [1.807, 2.05) is 43.3 Å². The van der Waals surface area contributed by atoms with Gasteiger partial charge in [0.25, 0.3) is 0 Å². The summed E-state index contributed by atoms with van der Waals surface area (Å²) < 4.78 is 6.12. The fourth-order valence-electron chi connectivity index (χ4n) is 3.03. The van der Waals surface area contributed by atoms with Gasteiger partial charge in [-0.2, -0.15) is 0 Å². The van der Waals surface area contributed by atoms with E-state index in [1.54, 1.807) is 30.5 Å². The second-order valence-corrected chi connectivity index (χ2v) is 8.08. The molecule has 0 saturated carbocycles. The van der Waals surface area contributed by atoms with Crippen LogP contribution >= 0.6 is 11.8 Å². The van der Waals surface area contributed by atoms with Crippen LogP contribution in [-0.2, 0) is 0 Å². The first-order valence-corrected chi connectivity index (χ1v) is 10.6. The van der Waals surface area contributed by atoms with E-state index >= 15 is 0 Å². The highest BCUT2D eigenvalue weighted by Crippen LogP contribution is 2.35. The molecule has 0 bridgehead atoms. The maximum absolute atomic E-state index is 11.1. The number of rotatable bonds is 6. The Balaban J connectivity index is 1.60. The number of para-hydroxylation sites is 1. The lowest BCUT2D eigenvalue weighted by Gasteiger charge is -2.16. The van der Waals surface area contributed by atoms with Crippen molar-refractivity contribution in [3.8, 4) is 11.5 Å². The van der Waals surface area contributed by atoms with Crippen LogP contribution in [0.5, 0.6) is 11.5 Å². The normalized spacial score (nSPS) is 13.2. The summed E-state index contributed by atoms with van der Waals surface area (Å²) in [4.78, 5) is 22.0. The molecular formula is C24H21N3O3S. The van der Waals surface area contributed by atoms with Gasteiger partial charge in [0, 0.05) is 34.2 Å². The first-order valence-electron chi connectivity index (χ1n) is 9.82. The number of nitrogens with one attached hydrogen (secondary N) is 1. The van der Waals surface area contributed by atoms with Crippen LogP contribution in [0.1, 0.15) is 30.1 Å². The minimum absolute atomic E-state index is 0.257. The van der Waals surface area contributed by atoms with E-state index in [0.717, 1.165) is 34.2 Å². The zero-order valence-electron chi connectivity index (χ0n) is 16.9. The van der Waals surface area contributed by atoms with Gasteiger partial charge >= 0.3 is 5.97 Å². The number of ether oxygens (including phenoxy) is 1. The van der Waals surface area contributed by atoms with Crippen molar-refractivity contribution in [2.24, 2.45) is 4.99 Å². The van der Waals surface area contributed by atoms with Crippen LogP contribution in [0.15, 0.2) is 93.4 Å². The molecular weight excluding hydrogens is 410 g/mol. The molecule has 0 spiro atoms. The zero-order valence-corrected chi connectivity index (χ0v) is 17.7. The van der Waals surface area contributed by atoms with Crippen molar-refractivity contribution in [1.29, 1.82) is 0 Å². The molecule has 0 fully saturated rings. The zero-order chi connectivity index (χ0) is 21.6. The number of carboxylic acid groups (broad SMARTS) is 1. The van der Waals surface area contributed by atoms with Crippen molar-refractivity contribution in [3.63, 3.8) is 0 Å². The Morgan fingerprint density at radius 2 is 1.87 bits per heavy atom. The van der Waals surface area contributed by atoms with E-state index in [1.165, 1.54) is 11.8 Å². The van der Waals surface area contributed by atoms with Gasteiger partial charge in [0.15, 0.2) is 11.6 Å². The number of allylic oxidation sites excluding steroid dienone is 2. The van der Waals surface area contributed by atoms with Crippen LogP contribution in [0.3, 0.4) is 0 Å². The van der Waals surface area contributed by atoms with Crippen molar-refractivity contribution >= 4 is 29.4 Å². The number of benzene rings is 2. The highest BCUT2D eigenvalue weighted by atomic mass is 32.2. The van der Waals surface area contributed by atoms with Gasteiger partial charge in [-0.25, -0.2) is 14.8 Å². The number of amidine groups is 1. The molecule has 156 valence electrons. The Kier molecular flexibility index (Phi) is 6.33. The lowest BCUT2D eigenvalue weighted by Crippen LogP contribution is -2.15. The molecule has 0 unspecified atom stereocenters. The van der Waals surface area contributed by atoms with Gasteiger partial charge < -0.3 is 15.2 Å². The molecule has 2 heterocycles. The van der Waals surface area contributed by atoms with Crippen molar-refractivity contribution in [2.45, 2.75) is 29.6 Å². The Labute approximate surface area is 184 Å². The van der Waals surface area contributed by atoms with Crippen LogP contribution in [0.4, 0.5) is 5.82 Å². The third-order valence-electron chi connectivity index (χ3n) is 4.53. The van der Waals surface area contributed by atoms with Crippen molar-refractivity contribution in [1.82, 2.24) is 4.98 Å². The lowest BCUT2D eigenvalue weighted by atomic mass is 10.2. The number of pyridine rings is 1. The van der Waals surface area contributed by atoms with E-state index in [2.05, 4.69) is 21.4 Å². The van der Waals surface area contributed by atoms with E-state index in [4.69, 9.17) is 9.84 Å². The molecule has 0 atom stereocenters. The van der Waals surface area contributed by atoms with Gasteiger partial charge in [0.05, 0.1) is 5.56 Å². The molecule has 3 aromatic rings. The first-order chi connectivity index (χ1) is 15.1. The number of hydrogen-bond donors (Lipinski definition) is 2. The number of aliphatic imine (C=N–C) groups is 1. The van der Waals surface area contributed by atoms with E-state index in [0.29, 0.717) is 17.3 Å². The molecule has 0 saturated heterocycles. The maximum atomic E-state index is 11.1. The Hall–Kier alpha value is -3.58. The smallest absolute Gasteiger partial charge is 0.335 e. The van der Waals surface area contributed by atoms with Crippen molar-refractivity contribution < 1.29 is 14.6 Å². The number of anilines is 1. The molecule has 4 rings (SSSR count). The van der Waals surface area contributed by atoms with Gasteiger partial charge in [-0.15, -0.1) is 0 Å². The number of carbonyl (C=O) groups is 1. The van der Waals surface area contributed by atoms with Crippen LogP contribution in [0.2, 0.25) is 0 Å². The fraction of sp³-hybridized carbons (Fsp3) is 0.125. The van der Waals surface area contributed by atoms with Gasteiger partial charge in [-0.05, 0) is 49.7 Å². The van der Waals surface area contributed by atoms with Crippen LogP contribution in [0, 0.1) is 0 Å². The molecule has 1 aromatic heterocycles. The second kappa shape index (κ2) is 9.49. The number of aromatic nitrogens is 1. The molecule has 1 aliphatic rings. The summed E-state index contributed by atoms with van der Waals surface area (Å²) in [7, 11) is 0. The summed E-state index contributed by atoms with van der Waals surface area (Å²) in [6, 6.07) is 18.2. The summed E-state index contributed by atoms with van der Waals surface area (Å²) in [5.41, 5.74) is 1.24. The quantitative estimate of drug-likeness (QED) is 0.481. The van der Waals surface area contributed by atoms with E-state index in [9.17, 15) is 4.79 Å².